The minimum absolute atomic E-state index is 0.111. The number of phenols is 1. The summed E-state index contributed by atoms with van der Waals surface area (Å²) in [6.07, 6.45) is 9.35. The lowest BCUT2D eigenvalue weighted by Crippen LogP contribution is -2.10. The van der Waals surface area contributed by atoms with Crippen LogP contribution in [0.25, 0.3) is 0 Å². The van der Waals surface area contributed by atoms with Gasteiger partial charge >= 0.3 is 35.8 Å². The average Bonchev–Trinajstić information content (AvgIpc) is 0.955. The van der Waals surface area contributed by atoms with Crippen molar-refractivity contribution in [2.45, 2.75) is 79.1 Å². The number of hydrogen-bond donors (Lipinski definition) is 2. The van der Waals surface area contributed by atoms with Crippen LogP contribution >= 0.6 is 17.1 Å². The van der Waals surface area contributed by atoms with Gasteiger partial charge in [-0.25, -0.2) is 28.8 Å². The van der Waals surface area contributed by atoms with Gasteiger partial charge < -0.3 is 43.4 Å². The van der Waals surface area contributed by atoms with Gasteiger partial charge in [0.05, 0.1) is 71.4 Å². The lowest BCUT2D eigenvalue weighted by Gasteiger charge is -2.09. The van der Waals surface area contributed by atoms with Gasteiger partial charge in [-0.2, -0.15) is 28.6 Å². The lowest BCUT2D eigenvalue weighted by molar-refractivity contribution is -0.138. The van der Waals surface area contributed by atoms with E-state index in [-0.39, 0.29) is 22.8 Å². The van der Waals surface area contributed by atoms with E-state index in [0.717, 1.165) is 66.0 Å². The van der Waals surface area contributed by atoms with E-state index < -0.39 is 35.8 Å². The van der Waals surface area contributed by atoms with Gasteiger partial charge in [0.2, 0.25) is 0 Å². The standard InChI is InChI=1S/C37H36N2O7.C21H20O7.C16H18N2O.BH3P2/c1-4-8-27-9-15-30(16-10-27)38-39-31-17-22-34(26(3)25-31)46-37(42)29-13-20-33(21-14-29)45-36(41)28-11-18-32(19-12-28)43-23-6-7-24-44-35(40)5-2;1-2-19(22)27-14-4-3-13-26-17-9-7-16(8-10-17)21(25)28-18-11-5-15(6-12-18)20(23)24;1-3-4-13-5-7-14(8-6-13)17-18-15-9-10-16(19)12(2)11-15;1-3-2/h5,9-22,25H,2,4,6-8,23-24H2,1,3H3;2,5-12H,1,3-4,13-14H2,(H,23,24);5-11,19H,3-4H2,1-2H3;3H,2H2. The summed E-state index contributed by atoms with van der Waals surface area (Å²) >= 11 is 0. The van der Waals surface area contributed by atoms with E-state index in [0.29, 0.717) is 99.9 Å². The maximum atomic E-state index is 12.8. The first-order valence-corrected chi connectivity index (χ1v) is 33.5. The average molecular weight is 1340 g/mol. The zero-order chi connectivity index (χ0) is 69.5. The Morgan fingerprint density at radius 2 is 0.792 bits per heavy atom. The van der Waals surface area contributed by atoms with Crippen LogP contribution < -0.4 is 23.7 Å². The molecular formula is C74H77BN4O15P2. The Morgan fingerprint density at radius 3 is 1.16 bits per heavy atom. The first-order chi connectivity index (χ1) is 46.4. The number of phenolic OH excluding ortho intramolecular Hbond substituents is 1. The van der Waals surface area contributed by atoms with Gasteiger partial charge in [0, 0.05) is 12.2 Å². The van der Waals surface area contributed by atoms with Crippen LogP contribution in [0.2, 0.25) is 0 Å². The largest absolute Gasteiger partial charge is 0.508 e. The molecular weight excluding hydrogens is 1260 g/mol. The molecule has 2 atom stereocenters. The maximum Gasteiger partial charge on any atom is 0.343 e. The number of esters is 5. The van der Waals surface area contributed by atoms with Crippen molar-refractivity contribution >= 4 is 83.2 Å². The molecule has 22 heteroatoms. The summed E-state index contributed by atoms with van der Waals surface area (Å²) in [6.45, 7) is 16.1. The van der Waals surface area contributed by atoms with E-state index in [1.54, 1.807) is 78.9 Å². The predicted molar refractivity (Wildman–Crippen MR) is 376 cm³/mol. The fourth-order valence-corrected chi connectivity index (χ4v) is 8.22. The second-order valence-electron chi connectivity index (χ2n) is 20.7. The molecule has 2 N–H and O–H groups in total. The molecule has 0 amide bonds. The summed E-state index contributed by atoms with van der Waals surface area (Å²) in [5, 5.41) is 35.2. The molecule has 0 saturated heterocycles. The van der Waals surface area contributed by atoms with Crippen molar-refractivity contribution in [1.29, 1.82) is 0 Å². The molecule has 0 bridgehead atoms. The zero-order valence-electron chi connectivity index (χ0n) is 54.0. The molecule has 2 unspecified atom stereocenters. The van der Waals surface area contributed by atoms with E-state index in [2.05, 4.69) is 80.7 Å². The Balaban J connectivity index is 0.000000281. The molecule has 0 saturated carbocycles. The number of carboxylic acid groups (broad SMARTS) is 1. The SMILES string of the molecule is C=CC(=O)OCCCCOc1ccc(C(=O)Oc2ccc(C(=O)O)cc2)cc1.C=CC(=O)OCCCCOc1ccc(C(=O)Oc2ccc(C(=O)Oc3ccc(N=Nc4ccc(CCC)cc4)cc3C)cc2)cc1.CCCc1ccc(N=Nc2ccc(O)c(C)c2)cc1.[B]PP. The molecule has 8 rings (SSSR count). The summed E-state index contributed by atoms with van der Waals surface area (Å²) in [5.41, 5.74) is 8.20. The van der Waals surface area contributed by atoms with Gasteiger partial charge in [0.1, 0.15) is 42.1 Å². The smallest absolute Gasteiger partial charge is 0.343 e. The van der Waals surface area contributed by atoms with E-state index in [1.807, 2.05) is 44.2 Å². The molecule has 0 spiro atoms. The van der Waals surface area contributed by atoms with Crippen LogP contribution in [-0.2, 0) is 31.9 Å². The van der Waals surface area contributed by atoms with Crippen LogP contribution in [0.4, 0.5) is 22.7 Å². The van der Waals surface area contributed by atoms with E-state index >= 15 is 0 Å². The summed E-state index contributed by atoms with van der Waals surface area (Å²) in [4.78, 5) is 70.2. The lowest BCUT2D eigenvalue weighted by atomic mass is 10.1. The van der Waals surface area contributed by atoms with Crippen LogP contribution in [0.5, 0.6) is 34.5 Å². The van der Waals surface area contributed by atoms with Crippen LogP contribution in [0, 0.1) is 13.8 Å². The van der Waals surface area contributed by atoms with Gasteiger partial charge in [-0.05, 0) is 232 Å². The van der Waals surface area contributed by atoms with Gasteiger partial charge in [-0.1, -0.05) is 64.1 Å². The van der Waals surface area contributed by atoms with E-state index in [9.17, 15) is 33.9 Å². The number of carboxylic acids is 1. The second kappa shape index (κ2) is 42.7. The quantitative estimate of drug-likeness (QED) is 0.00840. The minimum Gasteiger partial charge on any atom is -0.508 e. The number of nitrogens with zero attached hydrogens (tertiary/aromatic N) is 4. The first kappa shape index (κ1) is 76.3. The third kappa shape index (κ3) is 28.4. The van der Waals surface area contributed by atoms with E-state index in [1.165, 1.54) is 59.7 Å². The van der Waals surface area contributed by atoms with Crippen molar-refractivity contribution in [1.82, 2.24) is 0 Å². The number of azo groups is 2. The molecule has 0 aliphatic rings. The molecule has 0 aliphatic heterocycles. The normalized spacial score (nSPS) is 10.6. The number of aromatic hydroxyl groups is 1. The maximum absolute atomic E-state index is 12.8. The number of hydrogen-bond acceptors (Lipinski definition) is 18. The molecule has 0 fully saturated rings. The van der Waals surface area contributed by atoms with Crippen LogP contribution in [0.15, 0.2) is 228 Å². The fourth-order valence-electron chi connectivity index (χ4n) is 8.22. The number of aromatic carboxylic acids is 1. The van der Waals surface area contributed by atoms with Gasteiger partial charge in [0.15, 0.2) is 0 Å². The Bertz CT molecular complexity index is 3850. The molecule has 0 heterocycles. The predicted octanol–water partition coefficient (Wildman–Crippen LogP) is 17.8. The summed E-state index contributed by atoms with van der Waals surface area (Å²) < 4.78 is 37.2. The number of unbranched alkanes of at least 4 members (excludes halogenated alkanes) is 2. The third-order valence-electron chi connectivity index (χ3n) is 13.3. The Morgan fingerprint density at radius 1 is 0.458 bits per heavy atom. The summed E-state index contributed by atoms with van der Waals surface area (Å²) in [5.74, 6) is -1.16. The van der Waals surface area contributed by atoms with Gasteiger partial charge in [-0.3, -0.25) is 0 Å². The number of ether oxygens (including phenoxy) is 7. The van der Waals surface area contributed by atoms with Crippen LogP contribution in [0.1, 0.15) is 116 Å². The van der Waals surface area contributed by atoms with Crippen molar-refractivity contribution in [3.05, 3.63) is 252 Å². The van der Waals surface area contributed by atoms with Crippen LogP contribution in [-0.4, -0.2) is 80.0 Å². The highest BCUT2D eigenvalue weighted by Crippen LogP contribution is 2.29. The van der Waals surface area contributed by atoms with Crippen molar-refractivity contribution in [3.8, 4) is 34.5 Å². The minimum atomic E-state index is -1.05. The number of aryl methyl sites for hydroxylation is 4. The first-order valence-electron chi connectivity index (χ1n) is 30.7. The molecule has 96 heavy (non-hydrogen) atoms. The second-order valence-corrected chi connectivity index (χ2v) is 22.1. The number of benzene rings is 8. The highest BCUT2D eigenvalue weighted by Gasteiger charge is 2.15. The monoisotopic (exact) mass is 1330 g/mol. The molecule has 496 valence electrons. The Kier molecular flexibility index (Phi) is 34.0. The molecule has 0 aliphatic carbocycles. The topological polar surface area (TPSA) is 257 Å². The van der Waals surface area contributed by atoms with E-state index in [4.69, 9.17) is 45.8 Å². The van der Waals surface area contributed by atoms with Crippen molar-refractivity contribution < 1.29 is 72.1 Å². The van der Waals surface area contributed by atoms with Crippen molar-refractivity contribution in [2.75, 3.05) is 26.4 Å². The molecule has 8 aromatic rings. The van der Waals surface area contributed by atoms with Crippen LogP contribution in [0.3, 0.4) is 0 Å². The van der Waals surface area contributed by atoms with Gasteiger partial charge in [0.25, 0.3) is 0 Å². The third-order valence-corrected chi connectivity index (χ3v) is 13.3. The highest BCUT2D eigenvalue weighted by molar-refractivity contribution is 8.15. The molecule has 2 radical (unpaired) electrons. The Hall–Kier alpha value is -10.4. The number of carbonyl (C=O) groups is 6. The number of carbonyl (C=O) groups excluding carboxylic acids is 5. The summed E-state index contributed by atoms with van der Waals surface area (Å²) in [7, 11) is 7.72. The molecule has 0 aromatic heterocycles. The zero-order valence-corrected chi connectivity index (χ0v) is 56.2. The van der Waals surface area contributed by atoms with Crippen molar-refractivity contribution in [3.63, 3.8) is 0 Å². The number of rotatable bonds is 29. The Labute approximate surface area is 564 Å². The highest BCUT2D eigenvalue weighted by atomic mass is 32.0. The van der Waals surface area contributed by atoms with Gasteiger partial charge in [-0.15, -0.1) is 8.93 Å². The molecule has 8 aromatic carbocycles. The summed E-state index contributed by atoms with van der Waals surface area (Å²) in [6, 6.07) is 51.2. The fraction of sp³-hybridized carbons (Fsp3) is 0.216. The van der Waals surface area contributed by atoms with Crippen molar-refractivity contribution in [2.24, 2.45) is 20.5 Å². The molecule has 19 nitrogen and oxygen atoms in total.